The van der Waals surface area contributed by atoms with Crippen molar-refractivity contribution in [2.75, 3.05) is 0 Å². The second-order valence-corrected chi connectivity index (χ2v) is 3.54. The molecule has 0 amide bonds. The van der Waals surface area contributed by atoms with Crippen LogP contribution in [0.3, 0.4) is 0 Å². The monoisotopic (exact) mass is 262 g/mol. The first-order valence-electron chi connectivity index (χ1n) is 4.32. The fraction of sp³-hybridized carbons (Fsp3) is 0. The van der Waals surface area contributed by atoms with Crippen molar-refractivity contribution in [1.82, 2.24) is 0 Å². The molecule has 0 radical (unpaired) electrons. The Labute approximate surface area is 127 Å². The Morgan fingerprint density at radius 2 is 1.06 bits per heavy atom. The molecule has 2 aromatic rings. The summed E-state index contributed by atoms with van der Waals surface area (Å²) in [4.78, 5) is 0. The van der Waals surface area contributed by atoms with Crippen molar-refractivity contribution in [3.05, 3.63) is 64.6 Å². The molecular formula is C12H9Cl2NaO. The summed E-state index contributed by atoms with van der Waals surface area (Å²) in [6, 6.07) is 15.5. The van der Waals surface area contributed by atoms with Crippen molar-refractivity contribution >= 4 is 23.2 Å². The average molecular weight is 263 g/mol. The summed E-state index contributed by atoms with van der Waals surface area (Å²) in [6.07, 6.45) is 0. The van der Waals surface area contributed by atoms with Gasteiger partial charge in [-0.25, -0.2) is 0 Å². The van der Waals surface area contributed by atoms with Gasteiger partial charge in [-0.3, -0.25) is 0 Å². The average Bonchev–Trinajstić information content (AvgIpc) is 2.25. The molecule has 1 nitrogen and oxygen atoms in total. The van der Waals surface area contributed by atoms with Crippen LogP contribution in [0.1, 0.15) is 0 Å². The molecule has 0 heterocycles. The van der Waals surface area contributed by atoms with Gasteiger partial charge in [0, 0.05) is 0 Å². The summed E-state index contributed by atoms with van der Waals surface area (Å²) in [7, 11) is 0. The molecule has 78 valence electrons. The van der Waals surface area contributed by atoms with Crippen LogP contribution in [-0.4, -0.2) is 0 Å². The first kappa shape index (κ1) is 15.8. The Morgan fingerprint density at radius 3 is 1.31 bits per heavy atom. The van der Waals surface area contributed by atoms with E-state index in [2.05, 4.69) is 0 Å². The van der Waals surface area contributed by atoms with Crippen LogP contribution < -0.4 is 34.7 Å². The third-order valence-electron chi connectivity index (χ3n) is 1.57. The topological polar surface area (TPSA) is 23.1 Å². The van der Waals surface area contributed by atoms with Crippen LogP contribution in [0.25, 0.3) is 0 Å². The van der Waals surface area contributed by atoms with E-state index in [1.54, 1.807) is 24.3 Å². The van der Waals surface area contributed by atoms with E-state index in [1.807, 2.05) is 18.2 Å². The summed E-state index contributed by atoms with van der Waals surface area (Å²) in [5.41, 5.74) is 0. The molecule has 0 saturated carbocycles. The smallest absolute Gasteiger partial charge is 0.872 e. The van der Waals surface area contributed by atoms with E-state index in [-0.39, 0.29) is 35.3 Å². The Bertz CT molecular complexity index is 386. The van der Waals surface area contributed by atoms with E-state index in [1.165, 1.54) is 12.1 Å². The maximum atomic E-state index is 10.3. The van der Waals surface area contributed by atoms with E-state index in [4.69, 9.17) is 23.2 Å². The number of hydrogen-bond donors (Lipinski definition) is 0. The summed E-state index contributed by atoms with van der Waals surface area (Å²) < 4.78 is 0. The van der Waals surface area contributed by atoms with Gasteiger partial charge in [0.05, 0.1) is 10.0 Å². The van der Waals surface area contributed by atoms with Gasteiger partial charge >= 0.3 is 29.6 Å². The third kappa shape index (κ3) is 6.41. The Morgan fingerprint density at radius 1 is 0.688 bits per heavy atom. The predicted molar refractivity (Wildman–Crippen MR) is 62.4 cm³/mol. The van der Waals surface area contributed by atoms with Crippen LogP contribution in [0.15, 0.2) is 54.6 Å². The molecule has 0 aliphatic heterocycles. The second kappa shape index (κ2) is 8.91. The summed E-state index contributed by atoms with van der Waals surface area (Å²) in [5.74, 6) is 0.0718. The predicted octanol–water partition coefficient (Wildman–Crippen LogP) is 0.758. The van der Waals surface area contributed by atoms with Gasteiger partial charge in [-0.15, -0.1) is 5.75 Å². The number of hydrogen-bond acceptors (Lipinski definition) is 1. The minimum absolute atomic E-state index is 0. The van der Waals surface area contributed by atoms with Gasteiger partial charge in [0.2, 0.25) is 0 Å². The molecule has 0 spiro atoms. The van der Waals surface area contributed by atoms with E-state index >= 15 is 0 Å². The van der Waals surface area contributed by atoms with Crippen LogP contribution in [0.4, 0.5) is 0 Å². The first-order chi connectivity index (χ1) is 7.20. The third-order valence-corrected chi connectivity index (χ3v) is 2.32. The van der Waals surface area contributed by atoms with E-state index in [9.17, 15) is 5.11 Å². The minimum Gasteiger partial charge on any atom is -0.872 e. The number of para-hydroxylation sites is 1. The van der Waals surface area contributed by atoms with Gasteiger partial charge in [0.15, 0.2) is 0 Å². The maximum Gasteiger partial charge on any atom is 1.00 e. The largest absolute Gasteiger partial charge is 1.00 e. The number of benzene rings is 2. The maximum absolute atomic E-state index is 10.3. The fourth-order valence-corrected chi connectivity index (χ4v) is 1.13. The molecule has 2 aromatic carbocycles. The van der Waals surface area contributed by atoms with Crippen molar-refractivity contribution < 1.29 is 34.7 Å². The first-order valence-corrected chi connectivity index (χ1v) is 5.08. The van der Waals surface area contributed by atoms with Gasteiger partial charge in [0.25, 0.3) is 0 Å². The van der Waals surface area contributed by atoms with Gasteiger partial charge < -0.3 is 5.11 Å². The van der Waals surface area contributed by atoms with Crippen molar-refractivity contribution in [3.8, 4) is 5.75 Å². The Kier molecular flexibility index (Phi) is 8.81. The van der Waals surface area contributed by atoms with Gasteiger partial charge in [0.1, 0.15) is 0 Å². The Balaban J connectivity index is 0.000000267. The molecular weight excluding hydrogens is 254 g/mol. The van der Waals surface area contributed by atoms with Crippen molar-refractivity contribution in [2.45, 2.75) is 0 Å². The molecule has 0 fully saturated rings. The molecule has 0 atom stereocenters. The molecule has 0 N–H and O–H groups in total. The summed E-state index contributed by atoms with van der Waals surface area (Å²) in [5, 5.41) is 11.5. The normalized spacial score (nSPS) is 8.38. The molecule has 4 heteroatoms. The number of halogens is 2. The zero-order chi connectivity index (χ0) is 11.1. The molecule has 2 rings (SSSR count). The van der Waals surface area contributed by atoms with E-state index in [0.717, 1.165) is 0 Å². The Hall–Kier alpha value is -0.180. The van der Waals surface area contributed by atoms with Crippen molar-refractivity contribution in [2.24, 2.45) is 0 Å². The molecule has 0 bridgehead atoms. The van der Waals surface area contributed by atoms with E-state index in [0.29, 0.717) is 10.0 Å². The van der Waals surface area contributed by atoms with Gasteiger partial charge in [-0.1, -0.05) is 65.7 Å². The second-order valence-electron chi connectivity index (χ2n) is 2.73. The van der Waals surface area contributed by atoms with Crippen molar-refractivity contribution in [1.29, 1.82) is 0 Å². The zero-order valence-electron chi connectivity index (χ0n) is 8.86. The van der Waals surface area contributed by atoms with Gasteiger partial charge in [-0.2, -0.15) is 0 Å². The fourth-order valence-electron chi connectivity index (χ4n) is 0.860. The molecule has 0 saturated heterocycles. The van der Waals surface area contributed by atoms with E-state index < -0.39 is 0 Å². The number of rotatable bonds is 0. The zero-order valence-corrected chi connectivity index (χ0v) is 12.4. The van der Waals surface area contributed by atoms with Crippen LogP contribution in [0, 0.1) is 0 Å². The summed E-state index contributed by atoms with van der Waals surface area (Å²) >= 11 is 11.2. The van der Waals surface area contributed by atoms with Gasteiger partial charge in [-0.05, 0) is 12.1 Å². The van der Waals surface area contributed by atoms with Crippen molar-refractivity contribution in [3.63, 3.8) is 0 Å². The van der Waals surface area contributed by atoms with Crippen LogP contribution in [-0.2, 0) is 0 Å². The SMILES string of the molecule is Clc1ccccc1Cl.[Na+].[O-]c1ccccc1. The molecule has 0 aliphatic rings. The molecule has 0 aliphatic carbocycles. The molecule has 0 unspecified atom stereocenters. The molecule has 16 heavy (non-hydrogen) atoms. The summed E-state index contributed by atoms with van der Waals surface area (Å²) in [6.45, 7) is 0. The quantitative estimate of drug-likeness (QED) is 0.643. The van der Waals surface area contributed by atoms with Crippen LogP contribution in [0.5, 0.6) is 5.75 Å². The van der Waals surface area contributed by atoms with Crippen LogP contribution >= 0.6 is 23.2 Å². The minimum atomic E-state index is 0. The standard InChI is InChI=1S/C6H4Cl2.C6H6O.Na/c7-5-3-1-2-4-6(5)8;7-6-4-2-1-3-5-6;/h1-4H;1-5,7H;/q;;+1/p-1. The molecule has 0 aromatic heterocycles. The van der Waals surface area contributed by atoms with Crippen LogP contribution in [0.2, 0.25) is 10.0 Å².